The Morgan fingerprint density at radius 2 is 2.12 bits per heavy atom. The molecule has 0 spiro atoms. The summed E-state index contributed by atoms with van der Waals surface area (Å²) in [5, 5.41) is 16.6. The second kappa shape index (κ2) is 4.54. The van der Waals surface area contributed by atoms with Crippen molar-refractivity contribution < 1.29 is 17.9 Å². The third-order valence-electron chi connectivity index (χ3n) is 2.05. The average Bonchev–Trinajstić information content (AvgIpc) is 2.63. The zero-order valence-electron chi connectivity index (χ0n) is 9.23. The van der Waals surface area contributed by atoms with Crippen molar-refractivity contribution in [2.45, 2.75) is 31.0 Å². The highest BCUT2D eigenvalue weighted by Gasteiger charge is 2.17. The molecule has 92 valence electrons. The zero-order valence-corrected chi connectivity index (χ0v) is 10.0. The summed E-state index contributed by atoms with van der Waals surface area (Å²) in [5.41, 5.74) is -0.450. The van der Waals surface area contributed by atoms with E-state index in [2.05, 4.69) is 5.32 Å². The Hall–Kier alpha value is -0.890. The number of aliphatic hydroxyl groups excluding tert-OH is 1. The van der Waals surface area contributed by atoms with E-state index in [1.165, 1.54) is 12.1 Å². The molecule has 1 rings (SSSR count). The van der Waals surface area contributed by atoms with Gasteiger partial charge in [-0.3, -0.25) is 0 Å². The van der Waals surface area contributed by atoms with E-state index in [1.807, 2.05) is 13.8 Å². The molecule has 1 aromatic rings. The van der Waals surface area contributed by atoms with E-state index in [-0.39, 0.29) is 11.7 Å². The predicted octanol–water partition coefficient (Wildman–Crippen LogP) is -0.212. The lowest BCUT2D eigenvalue weighted by molar-refractivity contribution is 0.183. The first-order valence-corrected chi connectivity index (χ1v) is 6.27. The monoisotopic (exact) mass is 248 g/mol. The minimum absolute atomic E-state index is 0.0320. The molecular formula is C9H16N2O4S. The summed E-state index contributed by atoms with van der Waals surface area (Å²) in [4.78, 5) is 0. The van der Waals surface area contributed by atoms with Crippen LogP contribution in [0, 0.1) is 0 Å². The molecule has 0 saturated heterocycles. The molecular weight excluding hydrogens is 232 g/mol. The predicted molar refractivity (Wildman–Crippen MR) is 58.1 cm³/mol. The molecule has 0 fully saturated rings. The number of furan rings is 1. The van der Waals surface area contributed by atoms with Crippen LogP contribution in [-0.2, 0) is 16.6 Å². The number of nitrogens with one attached hydrogen (secondary N) is 1. The molecule has 0 atom stereocenters. The standard InChI is InChI=1S/C9H16N2O4S/c1-9(2,6-12)11-5-7-3-4-8(15-7)16(10,13)14/h3-4,11-12H,5-6H2,1-2H3,(H2,10,13,14). The van der Waals surface area contributed by atoms with Gasteiger partial charge in [0.05, 0.1) is 13.2 Å². The lowest BCUT2D eigenvalue weighted by atomic mass is 10.1. The van der Waals surface area contributed by atoms with Gasteiger partial charge in [0.2, 0.25) is 5.09 Å². The van der Waals surface area contributed by atoms with E-state index in [1.54, 1.807) is 0 Å². The number of sulfonamides is 1. The molecule has 0 amide bonds. The van der Waals surface area contributed by atoms with Gasteiger partial charge in [-0.2, -0.15) is 0 Å². The fourth-order valence-corrected chi connectivity index (χ4v) is 1.47. The summed E-state index contributed by atoms with van der Waals surface area (Å²) in [6.45, 7) is 3.92. The van der Waals surface area contributed by atoms with Crippen molar-refractivity contribution >= 4 is 10.0 Å². The molecule has 1 aromatic heterocycles. The Morgan fingerprint density at radius 3 is 2.56 bits per heavy atom. The lowest BCUT2D eigenvalue weighted by Gasteiger charge is -2.22. The number of hydrogen-bond acceptors (Lipinski definition) is 5. The number of aliphatic hydroxyl groups is 1. The highest BCUT2D eigenvalue weighted by Crippen LogP contribution is 2.13. The summed E-state index contributed by atoms with van der Waals surface area (Å²) < 4.78 is 26.9. The Balaban J connectivity index is 2.67. The Bertz CT molecular complexity index is 450. The van der Waals surface area contributed by atoms with Gasteiger partial charge in [-0.1, -0.05) is 0 Å². The fourth-order valence-electron chi connectivity index (χ4n) is 0.988. The van der Waals surface area contributed by atoms with Gasteiger partial charge >= 0.3 is 0 Å². The maximum absolute atomic E-state index is 10.9. The van der Waals surface area contributed by atoms with Crippen molar-refractivity contribution in [3.05, 3.63) is 17.9 Å². The van der Waals surface area contributed by atoms with E-state index in [4.69, 9.17) is 14.7 Å². The summed E-state index contributed by atoms with van der Waals surface area (Å²) in [5.74, 6) is 0.450. The maximum Gasteiger partial charge on any atom is 0.271 e. The molecule has 16 heavy (non-hydrogen) atoms. The van der Waals surface area contributed by atoms with Crippen LogP contribution in [-0.4, -0.2) is 25.7 Å². The minimum atomic E-state index is -3.79. The van der Waals surface area contributed by atoms with E-state index in [0.29, 0.717) is 12.3 Å². The fraction of sp³-hybridized carbons (Fsp3) is 0.556. The van der Waals surface area contributed by atoms with Crippen LogP contribution in [0.25, 0.3) is 0 Å². The van der Waals surface area contributed by atoms with Gasteiger partial charge in [0.15, 0.2) is 0 Å². The molecule has 0 bridgehead atoms. The zero-order chi connectivity index (χ0) is 12.4. The number of hydrogen-bond donors (Lipinski definition) is 3. The van der Waals surface area contributed by atoms with Crippen LogP contribution in [0.5, 0.6) is 0 Å². The van der Waals surface area contributed by atoms with Crippen molar-refractivity contribution in [2.75, 3.05) is 6.61 Å². The Kier molecular flexibility index (Phi) is 3.74. The van der Waals surface area contributed by atoms with Crippen LogP contribution in [0.4, 0.5) is 0 Å². The van der Waals surface area contributed by atoms with Crippen molar-refractivity contribution in [3.8, 4) is 0 Å². The largest absolute Gasteiger partial charge is 0.447 e. The van der Waals surface area contributed by atoms with Gasteiger partial charge in [0.25, 0.3) is 10.0 Å². The first-order valence-electron chi connectivity index (χ1n) is 4.72. The highest BCUT2D eigenvalue weighted by atomic mass is 32.2. The maximum atomic E-state index is 10.9. The van der Waals surface area contributed by atoms with E-state index < -0.39 is 15.6 Å². The molecule has 4 N–H and O–H groups in total. The Morgan fingerprint density at radius 1 is 1.50 bits per heavy atom. The molecule has 0 aromatic carbocycles. The van der Waals surface area contributed by atoms with Crippen LogP contribution >= 0.6 is 0 Å². The summed E-state index contributed by atoms with van der Waals surface area (Å²) in [6.07, 6.45) is 0. The summed E-state index contributed by atoms with van der Waals surface area (Å²) in [7, 11) is -3.79. The smallest absolute Gasteiger partial charge is 0.271 e. The summed E-state index contributed by atoms with van der Waals surface area (Å²) >= 11 is 0. The molecule has 0 aliphatic heterocycles. The third kappa shape index (κ3) is 3.60. The quantitative estimate of drug-likeness (QED) is 0.668. The van der Waals surface area contributed by atoms with Crippen molar-refractivity contribution in [3.63, 3.8) is 0 Å². The molecule has 0 aliphatic carbocycles. The van der Waals surface area contributed by atoms with Crippen molar-refractivity contribution in [1.29, 1.82) is 0 Å². The van der Waals surface area contributed by atoms with Gasteiger partial charge in [0, 0.05) is 5.54 Å². The second-order valence-electron chi connectivity index (χ2n) is 4.16. The molecule has 7 heteroatoms. The number of primary sulfonamides is 1. The highest BCUT2D eigenvalue weighted by molar-refractivity contribution is 7.89. The van der Waals surface area contributed by atoms with Crippen LogP contribution < -0.4 is 10.5 Å². The Labute approximate surface area is 94.5 Å². The van der Waals surface area contributed by atoms with E-state index in [0.717, 1.165) is 0 Å². The number of nitrogens with two attached hydrogens (primary N) is 1. The van der Waals surface area contributed by atoms with Gasteiger partial charge in [0.1, 0.15) is 5.76 Å². The first kappa shape index (κ1) is 13.2. The van der Waals surface area contributed by atoms with Gasteiger partial charge in [-0.25, -0.2) is 13.6 Å². The molecule has 0 aliphatic rings. The molecule has 1 heterocycles. The van der Waals surface area contributed by atoms with E-state index >= 15 is 0 Å². The average molecular weight is 248 g/mol. The molecule has 0 unspecified atom stereocenters. The van der Waals surface area contributed by atoms with Crippen LogP contribution in [0.3, 0.4) is 0 Å². The summed E-state index contributed by atoms with van der Waals surface area (Å²) in [6, 6.07) is 2.83. The lowest BCUT2D eigenvalue weighted by Crippen LogP contribution is -2.41. The number of rotatable bonds is 5. The van der Waals surface area contributed by atoms with Gasteiger partial charge in [-0.05, 0) is 26.0 Å². The van der Waals surface area contributed by atoms with Crippen molar-refractivity contribution in [2.24, 2.45) is 5.14 Å². The van der Waals surface area contributed by atoms with Crippen LogP contribution in [0.1, 0.15) is 19.6 Å². The van der Waals surface area contributed by atoms with Crippen LogP contribution in [0.2, 0.25) is 0 Å². The molecule has 6 nitrogen and oxygen atoms in total. The topological polar surface area (TPSA) is 106 Å². The molecule has 0 saturated carbocycles. The first-order chi connectivity index (χ1) is 7.24. The second-order valence-corrected chi connectivity index (χ2v) is 5.65. The van der Waals surface area contributed by atoms with Crippen molar-refractivity contribution in [1.82, 2.24) is 5.32 Å². The van der Waals surface area contributed by atoms with Gasteiger partial charge < -0.3 is 14.8 Å². The van der Waals surface area contributed by atoms with E-state index in [9.17, 15) is 8.42 Å². The molecule has 0 radical (unpaired) electrons. The minimum Gasteiger partial charge on any atom is -0.447 e. The van der Waals surface area contributed by atoms with Crippen LogP contribution in [0.15, 0.2) is 21.6 Å². The normalized spacial score (nSPS) is 13.0. The van der Waals surface area contributed by atoms with Gasteiger partial charge in [-0.15, -0.1) is 0 Å². The third-order valence-corrected chi connectivity index (χ3v) is 2.83. The SMILES string of the molecule is CC(C)(CO)NCc1ccc(S(N)(=O)=O)o1.